The van der Waals surface area contributed by atoms with Gasteiger partial charge in [0, 0.05) is 12.6 Å². The number of anilines is 1. The predicted octanol–water partition coefficient (Wildman–Crippen LogP) is 2.55. The summed E-state index contributed by atoms with van der Waals surface area (Å²) in [6.07, 6.45) is 1.38. The first-order chi connectivity index (χ1) is 12.2. The van der Waals surface area contributed by atoms with Gasteiger partial charge in [-0.2, -0.15) is 0 Å². The highest BCUT2D eigenvalue weighted by atomic mass is 32.2. The number of rotatable bonds is 4. The van der Waals surface area contributed by atoms with E-state index in [9.17, 15) is 12.8 Å². The van der Waals surface area contributed by atoms with Gasteiger partial charge in [0.1, 0.15) is 22.7 Å². The van der Waals surface area contributed by atoms with Crippen LogP contribution in [0.25, 0.3) is 0 Å². The second-order valence-electron chi connectivity index (χ2n) is 6.85. The minimum atomic E-state index is -3.77. The van der Waals surface area contributed by atoms with E-state index < -0.39 is 20.4 Å². The van der Waals surface area contributed by atoms with Gasteiger partial charge in [0.25, 0.3) is 0 Å². The zero-order chi connectivity index (χ0) is 18.9. The average Bonchev–Trinajstić information content (AvgIpc) is 2.62. The van der Waals surface area contributed by atoms with Crippen molar-refractivity contribution in [1.82, 2.24) is 9.97 Å². The number of nitrogens with zero attached hydrogens (tertiary/aromatic N) is 3. The van der Waals surface area contributed by atoms with Crippen molar-refractivity contribution in [2.24, 2.45) is 0 Å². The Morgan fingerprint density at radius 2 is 1.92 bits per heavy atom. The maximum atomic E-state index is 13.2. The molecule has 0 bridgehead atoms. The maximum absolute atomic E-state index is 13.2. The Balaban J connectivity index is 1.99. The second kappa shape index (κ2) is 6.92. The molecule has 2 heterocycles. The molecule has 26 heavy (non-hydrogen) atoms. The van der Waals surface area contributed by atoms with Gasteiger partial charge >= 0.3 is 0 Å². The van der Waals surface area contributed by atoms with E-state index in [4.69, 9.17) is 4.74 Å². The lowest BCUT2D eigenvalue weighted by atomic mass is 10.1. The average molecular weight is 379 g/mol. The third-order valence-corrected chi connectivity index (χ3v) is 7.17. The van der Waals surface area contributed by atoms with Gasteiger partial charge in [-0.1, -0.05) is 0 Å². The van der Waals surface area contributed by atoms with Crippen molar-refractivity contribution in [1.29, 1.82) is 0 Å². The number of aromatic nitrogens is 2. The molecule has 6 nitrogen and oxygen atoms in total. The molecule has 1 aliphatic rings. The monoisotopic (exact) mass is 379 g/mol. The van der Waals surface area contributed by atoms with Gasteiger partial charge in [-0.15, -0.1) is 0 Å². The summed E-state index contributed by atoms with van der Waals surface area (Å²) < 4.78 is 43.5. The molecule has 1 aromatic carbocycles. The summed E-state index contributed by atoms with van der Waals surface area (Å²) >= 11 is 0. The minimum absolute atomic E-state index is 0.0591. The number of benzene rings is 1. The lowest BCUT2D eigenvalue weighted by molar-refractivity contribution is 0.0985. The van der Waals surface area contributed by atoms with Crippen LogP contribution in [0.5, 0.6) is 0 Å². The van der Waals surface area contributed by atoms with Gasteiger partial charge in [0.15, 0.2) is 9.84 Å². The number of hydrogen-bond acceptors (Lipinski definition) is 6. The number of morpholine rings is 1. The van der Waals surface area contributed by atoms with Crippen LogP contribution in [0, 0.1) is 5.82 Å². The Bertz CT molecular complexity index is 885. The van der Waals surface area contributed by atoms with Crippen LogP contribution in [0.4, 0.5) is 10.2 Å². The quantitative estimate of drug-likeness (QED) is 0.760. The Morgan fingerprint density at radius 3 is 2.58 bits per heavy atom. The lowest BCUT2D eigenvalue weighted by Crippen LogP contribution is -2.44. The van der Waals surface area contributed by atoms with E-state index in [0.717, 1.165) is 12.1 Å². The fourth-order valence-corrected chi connectivity index (χ4v) is 4.42. The fraction of sp³-hybridized carbons (Fsp3) is 0.444. The molecular weight excluding hydrogens is 357 g/mol. The van der Waals surface area contributed by atoms with Crippen LogP contribution >= 0.6 is 0 Å². The molecule has 1 saturated heterocycles. The molecular formula is C18H22FN3O3S. The Labute approximate surface area is 153 Å². The maximum Gasteiger partial charge on any atom is 0.189 e. The molecule has 2 aromatic rings. The normalized spacial score (nSPS) is 18.8. The van der Waals surface area contributed by atoms with Gasteiger partial charge in [-0.05, 0) is 45.0 Å². The van der Waals surface area contributed by atoms with Crippen LogP contribution in [0.1, 0.15) is 26.5 Å². The van der Waals surface area contributed by atoms with Gasteiger partial charge in [-0.3, -0.25) is 0 Å². The van der Waals surface area contributed by atoms with E-state index in [-0.39, 0.29) is 10.9 Å². The number of ether oxygens (including phenoxy) is 1. The Hall–Kier alpha value is -2.06. The van der Waals surface area contributed by atoms with Crippen LogP contribution in [0.15, 0.2) is 41.6 Å². The van der Waals surface area contributed by atoms with Crippen molar-refractivity contribution in [3.63, 3.8) is 0 Å². The highest BCUT2D eigenvalue weighted by Gasteiger charge is 2.39. The van der Waals surface area contributed by atoms with Crippen molar-refractivity contribution >= 4 is 15.7 Å². The third kappa shape index (κ3) is 3.31. The zero-order valence-corrected chi connectivity index (χ0v) is 15.8. The molecule has 0 N–H and O–H groups in total. The first kappa shape index (κ1) is 18.7. The number of sulfone groups is 1. The predicted molar refractivity (Wildman–Crippen MR) is 96.3 cm³/mol. The standard InChI is InChI=1S/C18H22FN3O3S/c1-13-11-25-9-8-22(13)17-10-16(20-12-21-17)18(2,3)26(23,24)15-6-4-14(19)5-7-15/h4-7,10,12-13H,8-9,11H2,1-3H3/t13-/m0/s1. The van der Waals surface area contributed by atoms with E-state index in [1.807, 2.05) is 6.92 Å². The molecule has 0 radical (unpaired) electrons. The summed E-state index contributed by atoms with van der Waals surface area (Å²) in [7, 11) is -3.77. The lowest BCUT2D eigenvalue weighted by Gasteiger charge is -2.35. The van der Waals surface area contributed by atoms with E-state index in [2.05, 4.69) is 14.9 Å². The summed E-state index contributed by atoms with van der Waals surface area (Å²) in [6, 6.07) is 6.69. The largest absolute Gasteiger partial charge is 0.377 e. The SMILES string of the molecule is C[C@H]1COCCN1c1cc(C(C)(C)S(=O)(=O)c2ccc(F)cc2)ncn1. The molecule has 1 fully saturated rings. The molecule has 0 spiro atoms. The second-order valence-corrected chi connectivity index (χ2v) is 9.35. The number of halogens is 1. The van der Waals surface area contributed by atoms with E-state index in [0.29, 0.717) is 31.3 Å². The van der Waals surface area contributed by atoms with E-state index in [1.54, 1.807) is 19.9 Å². The van der Waals surface area contributed by atoms with E-state index >= 15 is 0 Å². The van der Waals surface area contributed by atoms with Crippen molar-refractivity contribution in [3.8, 4) is 0 Å². The molecule has 1 atom stereocenters. The summed E-state index contributed by atoms with van der Waals surface area (Å²) in [6.45, 7) is 7.10. The van der Waals surface area contributed by atoms with Gasteiger partial charge in [0.2, 0.25) is 0 Å². The van der Waals surface area contributed by atoms with Crippen LogP contribution < -0.4 is 4.90 Å². The Morgan fingerprint density at radius 1 is 1.23 bits per heavy atom. The molecule has 1 aliphatic heterocycles. The highest BCUT2D eigenvalue weighted by Crippen LogP contribution is 2.35. The van der Waals surface area contributed by atoms with Crippen molar-refractivity contribution < 1.29 is 17.5 Å². The number of hydrogen-bond donors (Lipinski definition) is 0. The molecule has 8 heteroatoms. The molecule has 0 aliphatic carbocycles. The highest BCUT2D eigenvalue weighted by molar-refractivity contribution is 7.92. The topological polar surface area (TPSA) is 72.4 Å². The molecule has 1 aromatic heterocycles. The van der Waals surface area contributed by atoms with Crippen molar-refractivity contribution in [2.45, 2.75) is 36.5 Å². The zero-order valence-electron chi connectivity index (χ0n) is 15.0. The van der Waals surface area contributed by atoms with Crippen LogP contribution in [0.3, 0.4) is 0 Å². The molecule has 140 valence electrons. The Kier molecular flexibility index (Phi) is 4.98. The van der Waals surface area contributed by atoms with Gasteiger partial charge in [-0.25, -0.2) is 22.8 Å². The first-order valence-electron chi connectivity index (χ1n) is 8.40. The van der Waals surface area contributed by atoms with E-state index in [1.165, 1.54) is 18.5 Å². The molecule has 0 saturated carbocycles. The van der Waals surface area contributed by atoms with Gasteiger partial charge < -0.3 is 9.64 Å². The first-order valence-corrected chi connectivity index (χ1v) is 9.89. The third-order valence-electron chi connectivity index (χ3n) is 4.73. The summed E-state index contributed by atoms with van der Waals surface area (Å²) in [5.41, 5.74) is 0.394. The molecule has 0 unspecified atom stereocenters. The summed E-state index contributed by atoms with van der Waals surface area (Å²) in [4.78, 5) is 10.7. The van der Waals surface area contributed by atoms with Crippen molar-refractivity contribution in [3.05, 3.63) is 48.2 Å². The van der Waals surface area contributed by atoms with Crippen molar-refractivity contribution in [2.75, 3.05) is 24.7 Å². The molecule has 3 rings (SSSR count). The van der Waals surface area contributed by atoms with Crippen LogP contribution in [-0.2, 0) is 19.3 Å². The molecule has 0 amide bonds. The van der Waals surface area contributed by atoms with Crippen LogP contribution in [-0.4, -0.2) is 44.2 Å². The summed E-state index contributed by atoms with van der Waals surface area (Å²) in [5.74, 6) is 0.195. The summed E-state index contributed by atoms with van der Waals surface area (Å²) in [5, 5.41) is 0. The minimum Gasteiger partial charge on any atom is -0.377 e. The fourth-order valence-electron chi connectivity index (χ4n) is 2.95. The van der Waals surface area contributed by atoms with Crippen LogP contribution in [0.2, 0.25) is 0 Å². The smallest absolute Gasteiger partial charge is 0.189 e. The van der Waals surface area contributed by atoms with Gasteiger partial charge in [0.05, 0.1) is 29.8 Å².